The highest BCUT2D eigenvalue weighted by atomic mass is 35.5. The van der Waals surface area contributed by atoms with Gasteiger partial charge in [0.15, 0.2) is 0 Å². The van der Waals surface area contributed by atoms with E-state index in [0.29, 0.717) is 5.92 Å². The highest BCUT2D eigenvalue weighted by Gasteiger charge is 2.40. The van der Waals surface area contributed by atoms with Crippen LogP contribution in [0.25, 0.3) is 0 Å². The van der Waals surface area contributed by atoms with Crippen molar-refractivity contribution in [3.8, 4) is 0 Å². The van der Waals surface area contributed by atoms with Gasteiger partial charge in [0.05, 0.1) is 5.54 Å². The molecule has 0 bridgehead atoms. The summed E-state index contributed by atoms with van der Waals surface area (Å²) in [5.41, 5.74) is 5.66. The smallest absolute Gasteiger partial charge is 0.242 e. The van der Waals surface area contributed by atoms with Gasteiger partial charge in [-0.15, -0.1) is 12.4 Å². The highest BCUT2D eigenvalue weighted by molar-refractivity contribution is 5.86. The Hall–Kier alpha value is -0.320. The number of ether oxygens (including phenoxy) is 1. The minimum Gasteiger partial charge on any atom is -0.384 e. The van der Waals surface area contributed by atoms with E-state index < -0.39 is 5.54 Å². The van der Waals surface area contributed by atoms with Gasteiger partial charge in [-0.3, -0.25) is 4.79 Å². The van der Waals surface area contributed by atoms with E-state index in [-0.39, 0.29) is 18.3 Å². The molecule has 0 spiro atoms. The maximum Gasteiger partial charge on any atom is 0.242 e. The van der Waals surface area contributed by atoms with Crippen LogP contribution in [0.2, 0.25) is 0 Å². The van der Waals surface area contributed by atoms with E-state index in [1.165, 1.54) is 0 Å². The summed E-state index contributed by atoms with van der Waals surface area (Å²) in [5, 5.41) is 0. The van der Waals surface area contributed by atoms with Gasteiger partial charge in [-0.2, -0.15) is 0 Å². The molecule has 0 atom stereocenters. The molecule has 2 fully saturated rings. The summed E-state index contributed by atoms with van der Waals surface area (Å²) in [4.78, 5) is 14.3. The average molecular weight is 277 g/mol. The van der Waals surface area contributed by atoms with Crippen molar-refractivity contribution in [1.29, 1.82) is 0 Å². The second-order valence-electron chi connectivity index (χ2n) is 5.55. The molecule has 1 aliphatic heterocycles. The van der Waals surface area contributed by atoms with Crippen LogP contribution in [0.3, 0.4) is 0 Å². The van der Waals surface area contributed by atoms with Crippen molar-refractivity contribution in [2.24, 2.45) is 11.7 Å². The monoisotopic (exact) mass is 276 g/mol. The summed E-state index contributed by atoms with van der Waals surface area (Å²) >= 11 is 0. The van der Waals surface area contributed by atoms with Crippen molar-refractivity contribution in [3.63, 3.8) is 0 Å². The van der Waals surface area contributed by atoms with Crippen molar-refractivity contribution >= 4 is 18.3 Å². The Balaban J connectivity index is 0.00000162. The lowest BCUT2D eigenvalue weighted by Crippen LogP contribution is -2.55. The molecule has 0 aromatic heterocycles. The summed E-state index contributed by atoms with van der Waals surface area (Å²) in [6.45, 7) is 2.52. The second kappa shape index (κ2) is 6.73. The molecule has 1 heterocycles. The summed E-state index contributed by atoms with van der Waals surface area (Å²) in [7, 11) is 1.74. The number of carbonyl (C=O) groups excluding carboxylic acids is 1. The topological polar surface area (TPSA) is 55.6 Å². The molecule has 18 heavy (non-hydrogen) atoms. The van der Waals surface area contributed by atoms with E-state index in [1.54, 1.807) is 7.11 Å². The van der Waals surface area contributed by atoms with Crippen LogP contribution < -0.4 is 5.73 Å². The zero-order valence-electron chi connectivity index (χ0n) is 11.2. The van der Waals surface area contributed by atoms with E-state index >= 15 is 0 Å². The van der Waals surface area contributed by atoms with E-state index in [2.05, 4.69) is 0 Å². The maximum absolute atomic E-state index is 12.4. The molecule has 0 aromatic rings. The second-order valence-corrected chi connectivity index (χ2v) is 5.55. The number of methoxy groups -OCH3 is 1. The molecule has 0 aromatic carbocycles. The molecule has 1 saturated carbocycles. The molecule has 2 N–H and O–H groups in total. The minimum atomic E-state index is -0.548. The number of hydrogen-bond acceptors (Lipinski definition) is 3. The van der Waals surface area contributed by atoms with Crippen LogP contribution in [0.4, 0.5) is 0 Å². The lowest BCUT2D eigenvalue weighted by Gasteiger charge is -2.36. The normalized spacial score (nSPS) is 23.8. The number of hydrogen-bond donors (Lipinski definition) is 1. The van der Waals surface area contributed by atoms with Crippen LogP contribution in [0.1, 0.15) is 38.5 Å². The molecular formula is C13H25ClN2O2. The first kappa shape index (κ1) is 15.7. The number of carbonyl (C=O) groups is 1. The van der Waals surface area contributed by atoms with Crippen LogP contribution in [-0.4, -0.2) is 43.2 Å². The third kappa shape index (κ3) is 3.37. The van der Waals surface area contributed by atoms with E-state index in [0.717, 1.165) is 58.2 Å². The van der Waals surface area contributed by atoms with Crippen LogP contribution in [0.15, 0.2) is 0 Å². The van der Waals surface area contributed by atoms with Gasteiger partial charge in [-0.25, -0.2) is 0 Å². The quantitative estimate of drug-likeness (QED) is 0.851. The summed E-state index contributed by atoms with van der Waals surface area (Å²) < 4.78 is 5.17. The highest BCUT2D eigenvalue weighted by Crippen LogP contribution is 2.30. The Morgan fingerprint density at radius 2 is 1.89 bits per heavy atom. The summed E-state index contributed by atoms with van der Waals surface area (Å²) in [6, 6.07) is 0. The molecule has 0 unspecified atom stereocenters. The van der Waals surface area contributed by atoms with Gasteiger partial charge in [-0.1, -0.05) is 12.8 Å². The third-order valence-corrected chi connectivity index (χ3v) is 4.23. The Labute approximate surface area is 116 Å². The number of halogens is 1. The predicted molar refractivity (Wildman–Crippen MR) is 73.8 cm³/mol. The van der Waals surface area contributed by atoms with Gasteiger partial charge < -0.3 is 15.4 Å². The number of piperidine rings is 1. The number of nitrogens with two attached hydrogens (primary N) is 1. The zero-order chi connectivity index (χ0) is 12.3. The van der Waals surface area contributed by atoms with Crippen molar-refractivity contribution in [3.05, 3.63) is 0 Å². The Kier molecular flexibility index (Phi) is 5.89. The fourth-order valence-corrected chi connectivity index (χ4v) is 3.07. The SMILES string of the molecule is COCC1CCN(C(=O)C2(N)CCCC2)CC1.Cl. The zero-order valence-corrected chi connectivity index (χ0v) is 12.0. The maximum atomic E-state index is 12.4. The lowest BCUT2D eigenvalue weighted by molar-refractivity contribution is -0.138. The Bertz CT molecular complexity index is 272. The third-order valence-electron chi connectivity index (χ3n) is 4.23. The molecule has 106 valence electrons. The number of likely N-dealkylation sites (tertiary alicyclic amines) is 1. The molecule has 0 radical (unpaired) electrons. The first-order valence-corrected chi connectivity index (χ1v) is 6.73. The first-order chi connectivity index (χ1) is 8.15. The lowest BCUT2D eigenvalue weighted by atomic mass is 9.93. The minimum absolute atomic E-state index is 0. The summed E-state index contributed by atoms with van der Waals surface area (Å²) in [6.07, 6.45) is 6.03. The van der Waals surface area contributed by atoms with Crippen LogP contribution in [0.5, 0.6) is 0 Å². The summed E-state index contributed by atoms with van der Waals surface area (Å²) in [5.74, 6) is 0.798. The van der Waals surface area contributed by atoms with Crippen molar-refractivity contribution < 1.29 is 9.53 Å². The largest absolute Gasteiger partial charge is 0.384 e. The van der Waals surface area contributed by atoms with Gasteiger partial charge in [0.2, 0.25) is 5.91 Å². The van der Waals surface area contributed by atoms with Gasteiger partial charge in [0.1, 0.15) is 0 Å². The van der Waals surface area contributed by atoms with Crippen LogP contribution in [0, 0.1) is 5.92 Å². The Morgan fingerprint density at radius 3 is 2.39 bits per heavy atom. The molecule has 5 heteroatoms. The predicted octanol–water partition coefficient (Wildman–Crippen LogP) is 1.56. The van der Waals surface area contributed by atoms with Crippen LogP contribution >= 0.6 is 12.4 Å². The molecule has 1 amide bonds. The van der Waals surface area contributed by atoms with Crippen LogP contribution in [-0.2, 0) is 9.53 Å². The van der Waals surface area contributed by atoms with Gasteiger partial charge in [0, 0.05) is 26.8 Å². The van der Waals surface area contributed by atoms with E-state index in [9.17, 15) is 4.79 Å². The fourth-order valence-electron chi connectivity index (χ4n) is 3.07. The number of nitrogens with zero attached hydrogens (tertiary/aromatic N) is 1. The average Bonchev–Trinajstić information content (AvgIpc) is 2.78. The number of amides is 1. The van der Waals surface area contributed by atoms with E-state index in [4.69, 9.17) is 10.5 Å². The van der Waals surface area contributed by atoms with Gasteiger partial charge in [-0.05, 0) is 31.6 Å². The van der Waals surface area contributed by atoms with Crippen molar-refractivity contribution in [1.82, 2.24) is 4.90 Å². The molecule has 4 nitrogen and oxygen atoms in total. The molecule has 1 saturated heterocycles. The van der Waals surface area contributed by atoms with Crippen molar-refractivity contribution in [2.75, 3.05) is 26.8 Å². The van der Waals surface area contributed by atoms with E-state index in [1.807, 2.05) is 4.90 Å². The molecule has 2 rings (SSSR count). The standard InChI is InChI=1S/C13H24N2O2.ClH/c1-17-10-11-4-8-15(9-5-11)12(16)13(14)6-2-3-7-13;/h11H,2-10,14H2,1H3;1H. The number of rotatable bonds is 3. The van der Waals surface area contributed by atoms with Gasteiger partial charge in [0.25, 0.3) is 0 Å². The first-order valence-electron chi connectivity index (χ1n) is 6.73. The van der Waals surface area contributed by atoms with Gasteiger partial charge >= 0.3 is 0 Å². The van der Waals surface area contributed by atoms with Crippen molar-refractivity contribution in [2.45, 2.75) is 44.1 Å². The fraction of sp³-hybridized carbons (Fsp3) is 0.923. The molecule has 1 aliphatic carbocycles. The Morgan fingerprint density at radius 1 is 1.33 bits per heavy atom. The molecule has 2 aliphatic rings. The molecular weight excluding hydrogens is 252 g/mol.